The largest absolute Gasteiger partial charge is 0.522 e. The van der Waals surface area contributed by atoms with Crippen LogP contribution in [-0.4, -0.2) is 28.7 Å². The molecular formula is C7H8F3N3OS. The zero-order valence-electron chi connectivity index (χ0n) is 7.49. The molecule has 0 atom stereocenters. The van der Waals surface area contributed by atoms with Crippen molar-refractivity contribution < 1.29 is 17.9 Å². The van der Waals surface area contributed by atoms with Crippen molar-refractivity contribution in [1.82, 2.24) is 9.97 Å². The fourth-order valence-corrected chi connectivity index (χ4v) is 1.44. The molecule has 0 aliphatic rings. The molecule has 1 aromatic heterocycles. The third-order valence-corrected chi connectivity index (χ3v) is 2.24. The first-order valence-corrected chi connectivity index (χ1v) is 4.87. The van der Waals surface area contributed by atoms with Crippen molar-refractivity contribution in [2.24, 2.45) is 0 Å². The second-order valence-corrected chi connectivity index (χ2v) is 3.47. The molecule has 0 aliphatic carbocycles. The number of aromatic nitrogens is 2. The number of hydrogen-bond acceptors (Lipinski definition) is 5. The van der Waals surface area contributed by atoms with E-state index >= 15 is 0 Å². The summed E-state index contributed by atoms with van der Waals surface area (Å²) in [5.41, 5.74) is 5.43. The summed E-state index contributed by atoms with van der Waals surface area (Å²) < 4.78 is 38.3. The average molecular weight is 239 g/mol. The van der Waals surface area contributed by atoms with Gasteiger partial charge in [-0.1, -0.05) is 0 Å². The maximum absolute atomic E-state index is 11.6. The Labute approximate surface area is 88.0 Å². The molecule has 0 radical (unpaired) electrons. The number of nitrogen functional groups attached to an aromatic ring is 1. The second-order valence-electron chi connectivity index (χ2n) is 2.39. The molecule has 84 valence electrons. The van der Waals surface area contributed by atoms with Crippen molar-refractivity contribution in [3.05, 3.63) is 12.4 Å². The quantitative estimate of drug-likeness (QED) is 0.640. The molecule has 0 unspecified atom stereocenters. The predicted octanol–water partition coefficient (Wildman–Crippen LogP) is 1.69. The van der Waals surface area contributed by atoms with E-state index in [1.165, 1.54) is 12.4 Å². The highest BCUT2D eigenvalue weighted by Gasteiger charge is 2.28. The van der Waals surface area contributed by atoms with Crippen LogP contribution in [0.3, 0.4) is 0 Å². The van der Waals surface area contributed by atoms with Gasteiger partial charge < -0.3 is 5.73 Å². The Morgan fingerprint density at radius 2 is 2.00 bits per heavy atom. The van der Waals surface area contributed by atoms with Crippen LogP contribution in [0.2, 0.25) is 0 Å². The zero-order chi connectivity index (χ0) is 11.3. The monoisotopic (exact) mass is 239 g/mol. The normalized spacial score (nSPS) is 11.7. The summed E-state index contributed by atoms with van der Waals surface area (Å²) in [6, 6.07) is 0. The average Bonchev–Trinajstić information content (AvgIpc) is 2.13. The van der Waals surface area contributed by atoms with Crippen LogP contribution in [0.5, 0.6) is 0 Å². The van der Waals surface area contributed by atoms with Gasteiger partial charge in [-0.3, -0.25) is 4.74 Å². The van der Waals surface area contributed by atoms with Crippen molar-refractivity contribution in [3.8, 4) is 0 Å². The standard InChI is InChI=1S/C7H8F3N3OS/c8-7(9,10)14-3-4-15-6-5(11)12-1-2-13-6/h1-2H,3-4H2,(H2,11,12). The SMILES string of the molecule is Nc1nccnc1SCCOC(F)(F)F. The molecular weight excluding hydrogens is 231 g/mol. The highest BCUT2D eigenvalue weighted by Crippen LogP contribution is 2.21. The lowest BCUT2D eigenvalue weighted by atomic mass is 10.7. The summed E-state index contributed by atoms with van der Waals surface area (Å²) in [5.74, 6) is 0.317. The van der Waals surface area contributed by atoms with E-state index in [1.807, 2.05) is 0 Å². The summed E-state index contributed by atoms with van der Waals surface area (Å²) in [4.78, 5) is 7.59. The number of rotatable bonds is 4. The van der Waals surface area contributed by atoms with Crippen LogP contribution in [-0.2, 0) is 4.74 Å². The first-order valence-electron chi connectivity index (χ1n) is 3.89. The first kappa shape index (κ1) is 12.1. The molecule has 0 saturated heterocycles. The highest BCUT2D eigenvalue weighted by atomic mass is 32.2. The third kappa shape index (κ3) is 4.84. The van der Waals surface area contributed by atoms with Gasteiger partial charge in [-0.2, -0.15) is 0 Å². The van der Waals surface area contributed by atoms with Gasteiger partial charge in [0, 0.05) is 18.1 Å². The van der Waals surface area contributed by atoms with Crippen molar-refractivity contribution in [3.63, 3.8) is 0 Å². The molecule has 1 rings (SSSR count). The lowest BCUT2D eigenvalue weighted by Crippen LogP contribution is -2.15. The van der Waals surface area contributed by atoms with E-state index in [4.69, 9.17) is 5.73 Å². The Morgan fingerprint density at radius 1 is 1.33 bits per heavy atom. The Balaban J connectivity index is 2.30. The van der Waals surface area contributed by atoms with Crippen LogP contribution in [0.4, 0.5) is 19.0 Å². The van der Waals surface area contributed by atoms with Crippen LogP contribution in [0.25, 0.3) is 0 Å². The minimum absolute atomic E-state index is 0.113. The van der Waals surface area contributed by atoms with Gasteiger partial charge in [-0.05, 0) is 0 Å². The van der Waals surface area contributed by atoms with Crippen LogP contribution in [0, 0.1) is 0 Å². The number of hydrogen-bond donors (Lipinski definition) is 1. The molecule has 1 aromatic rings. The zero-order valence-corrected chi connectivity index (χ0v) is 8.31. The van der Waals surface area contributed by atoms with E-state index in [0.717, 1.165) is 11.8 Å². The Morgan fingerprint density at radius 3 is 2.60 bits per heavy atom. The molecule has 0 spiro atoms. The maximum Gasteiger partial charge on any atom is 0.522 e. The Hall–Kier alpha value is -1.02. The molecule has 15 heavy (non-hydrogen) atoms. The molecule has 0 amide bonds. The van der Waals surface area contributed by atoms with Crippen LogP contribution in [0.1, 0.15) is 0 Å². The van der Waals surface area contributed by atoms with Gasteiger partial charge in [0.1, 0.15) is 5.03 Å². The van der Waals surface area contributed by atoms with Gasteiger partial charge in [-0.15, -0.1) is 24.9 Å². The fourth-order valence-electron chi connectivity index (χ4n) is 0.743. The second kappa shape index (κ2) is 5.17. The summed E-state index contributed by atoms with van der Waals surface area (Å²) in [6.07, 6.45) is -1.76. The van der Waals surface area contributed by atoms with Crippen molar-refractivity contribution in [1.29, 1.82) is 0 Å². The first-order chi connectivity index (χ1) is 6.99. The molecule has 0 aliphatic heterocycles. The summed E-state index contributed by atoms with van der Waals surface area (Å²) in [7, 11) is 0. The number of thioether (sulfide) groups is 1. The summed E-state index contributed by atoms with van der Waals surface area (Å²) in [6.45, 7) is -0.440. The van der Waals surface area contributed by atoms with Crippen LogP contribution in [0.15, 0.2) is 17.4 Å². The summed E-state index contributed by atoms with van der Waals surface area (Å²) >= 11 is 1.06. The number of alkyl halides is 3. The topological polar surface area (TPSA) is 61.0 Å². The van der Waals surface area contributed by atoms with Gasteiger partial charge >= 0.3 is 6.36 Å². The van der Waals surface area contributed by atoms with Crippen molar-refractivity contribution in [2.45, 2.75) is 11.4 Å². The number of ether oxygens (including phenoxy) is 1. The summed E-state index contributed by atoms with van der Waals surface area (Å²) in [5, 5.41) is 0.406. The van der Waals surface area contributed by atoms with E-state index in [2.05, 4.69) is 14.7 Å². The molecule has 0 aromatic carbocycles. The molecule has 0 bridgehead atoms. The molecule has 4 nitrogen and oxygen atoms in total. The van der Waals surface area contributed by atoms with E-state index < -0.39 is 13.0 Å². The molecule has 2 N–H and O–H groups in total. The lowest BCUT2D eigenvalue weighted by Gasteiger charge is -2.06. The van der Waals surface area contributed by atoms with E-state index in [0.29, 0.717) is 5.03 Å². The molecule has 0 saturated carbocycles. The van der Waals surface area contributed by atoms with Crippen molar-refractivity contribution in [2.75, 3.05) is 18.1 Å². The Bertz CT molecular complexity index is 321. The molecule has 1 heterocycles. The lowest BCUT2D eigenvalue weighted by molar-refractivity contribution is -0.322. The molecule has 0 fully saturated rings. The maximum atomic E-state index is 11.6. The molecule has 8 heteroatoms. The van der Waals surface area contributed by atoms with Gasteiger partial charge in [0.15, 0.2) is 5.82 Å². The minimum atomic E-state index is -4.59. The highest BCUT2D eigenvalue weighted by molar-refractivity contribution is 7.99. The van der Waals surface area contributed by atoms with Gasteiger partial charge in [0.05, 0.1) is 6.61 Å². The predicted molar refractivity (Wildman–Crippen MR) is 49.2 cm³/mol. The number of anilines is 1. The van der Waals surface area contributed by atoms with Gasteiger partial charge in [0.2, 0.25) is 0 Å². The van der Waals surface area contributed by atoms with Crippen LogP contribution >= 0.6 is 11.8 Å². The number of halogens is 3. The fraction of sp³-hybridized carbons (Fsp3) is 0.429. The van der Waals surface area contributed by atoms with E-state index in [-0.39, 0.29) is 11.6 Å². The van der Waals surface area contributed by atoms with Crippen molar-refractivity contribution >= 4 is 17.6 Å². The number of nitrogens with zero attached hydrogens (tertiary/aromatic N) is 2. The third-order valence-electron chi connectivity index (χ3n) is 1.28. The number of nitrogens with two attached hydrogens (primary N) is 1. The van der Waals surface area contributed by atoms with E-state index in [1.54, 1.807) is 0 Å². The van der Waals surface area contributed by atoms with Gasteiger partial charge in [0.25, 0.3) is 0 Å². The van der Waals surface area contributed by atoms with Crippen LogP contribution < -0.4 is 5.73 Å². The van der Waals surface area contributed by atoms with E-state index in [9.17, 15) is 13.2 Å². The van der Waals surface area contributed by atoms with Gasteiger partial charge in [-0.25, -0.2) is 9.97 Å². The minimum Gasteiger partial charge on any atom is -0.381 e. The Kier molecular flexibility index (Phi) is 4.15. The smallest absolute Gasteiger partial charge is 0.381 e.